The molecule has 0 saturated carbocycles. The summed E-state index contributed by atoms with van der Waals surface area (Å²) in [6.07, 6.45) is 0. The fourth-order valence-electron chi connectivity index (χ4n) is 2.58. The van der Waals surface area contributed by atoms with Gasteiger partial charge in [0.05, 0.1) is 38.4 Å². The molecule has 1 fully saturated rings. The average Bonchev–Trinajstić information content (AvgIpc) is 2.96. The molecule has 7 nitrogen and oxygen atoms in total. The third-order valence-corrected chi connectivity index (χ3v) is 5.35. The number of rotatable bonds is 3. The van der Waals surface area contributed by atoms with Gasteiger partial charge >= 0.3 is 12.1 Å². The van der Waals surface area contributed by atoms with Gasteiger partial charge in [-0.3, -0.25) is 0 Å². The van der Waals surface area contributed by atoms with Crippen LogP contribution in [0.2, 0.25) is 20.1 Å². The van der Waals surface area contributed by atoms with E-state index in [-0.39, 0.29) is 29.0 Å². The van der Waals surface area contributed by atoms with Crippen LogP contribution in [0.25, 0.3) is 0 Å². The van der Waals surface area contributed by atoms with E-state index in [0.29, 0.717) is 21.4 Å². The van der Waals surface area contributed by atoms with Gasteiger partial charge in [0, 0.05) is 5.69 Å². The summed E-state index contributed by atoms with van der Waals surface area (Å²) < 4.78 is 0. The Morgan fingerprint density at radius 2 is 1.72 bits per heavy atom. The van der Waals surface area contributed by atoms with Crippen LogP contribution in [0.4, 0.5) is 21.0 Å². The maximum Gasteiger partial charge on any atom is 0.347 e. The number of nitriles is 1. The molecule has 1 N–H and O–H groups in total. The maximum atomic E-state index is 12.7. The Bertz CT molecular complexity index is 1070. The second kappa shape index (κ2) is 8.89. The molecule has 2 aromatic rings. The van der Waals surface area contributed by atoms with Crippen molar-refractivity contribution < 1.29 is 9.59 Å². The van der Waals surface area contributed by atoms with Gasteiger partial charge in [-0.05, 0) is 36.4 Å². The summed E-state index contributed by atoms with van der Waals surface area (Å²) in [5.74, 6) is 0.126. The quantitative estimate of drug-likeness (QED) is 0.583. The first-order valence-corrected chi connectivity index (χ1v) is 9.56. The van der Waals surface area contributed by atoms with Gasteiger partial charge in [-0.25, -0.2) is 14.5 Å². The van der Waals surface area contributed by atoms with Crippen LogP contribution in [0.3, 0.4) is 0 Å². The molecule has 0 bridgehead atoms. The maximum absolute atomic E-state index is 12.7. The van der Waals surface area contributed by atoms with Crippen LogP contribution in [0, 0.1) is 11.3 Å². The number of nitrogens with zero attached hydrogens (tertiary/aromatic N) is 4. The monoisotopic (exact) mass is 469 g/mol. The fourth-order valence-corrected chi connectivity index (χ4v) is 3.17. The molecule has 29 heavy (non-hydrogen) atoms. The molecular weight excluding hydrogens is 460 g/mol. The number of amides is 4. The summed E-state index contributed by atoms with van der Waals surface area (Å²) >= 11 is 23.8. The number of aliphatic imine (C=N–C) groups is 1. The summed E-state index contributed by atoms with van der Waals surface area (Å²) in [6, 6.07) is 9.80. The Hall–Kier alpha value is -2.50. The van der Waals surface area contributed by atoms with E-state index in [1.807, 2.05) is 6.07 Å². The van der Waals surface area contributed by atoms with Gasteiger partial charge in [0.15, 0.2) is 0 Å². The van der Waals surface area contributed by atoms with Gasteiger partial charge in [-0.2, -0.15) is 10.3 Å². The summed E-state index contributed by atoms with van der Waals surface area (Å²) in [4.78, 5) is 31.5. The Morgan fingerprint density at radius 1 is 1.07 bits per heavy atom. The minimum atomic E-state index is -0.727. The molecule has 0 spiro atoms. The Morgan fingerprint density at radius 3 is 2.34 bits per heavy atom. The zero-order valence-corrected chi connectivity index (χ0v) is 17.5. The van der Waals surface area contributed by atoms with Crippen molar-refractivity contribution in [3.05, 3.63) is 56.5 Å². The molecule has 3 rings (SSSR count). The molecule has 1 aliphatic heterocycles. The average molecular weight is 471 g/mol. The number of urea groups is 2. The molecular formula is C18H11Cl4N5O2. The predicted molar refractivity (Wildman–Crippen MR) is 114 cm³/mol. The van der Waals surface area contributed by atoms with Crippen molar-refractivity contribution in [3.63, 3.8) is 0 Å². The number of carbonyl (C=O) groups is 2. The van der Waals surface area contributed by atoms with Gasteiger partial charge in [0.1, 0.15) is 12.4 Å². The third kappa shape index (κ3) is 4.74. The summed E-state index contributed by atoms with van der Waals surface area (Å²) in [7, 11) is 0. The number of amidine groups is 1. The van der Waals surface area contributed by atoms with E-state index in [9.17, 15) is 9.59 Å². The van der Waals surface area contributed by atoms with E-state index >= 15 is 0 Å². The SMILES string of the molecule is N#CCN1C/C(=N\C(=O)Nc2ccc(Cl)c(Cl)c2)N(c2ccc(Cl)c(Cl)c2)C1=O. The van der Waals surface area contributed by atoms with Gasteiger partial charge in [0.25, 0.3) is 0 Å². The topological polar surface area (TPSA) is 88.8 Å². The van der Waals surface area contributed by atoms with E-state index in [4.69, 9.17) is 51.7 Å². The van der Waals surface area contributed by atoms with Crippen molar-refractivity contribution >= 4 is 75.7 Å². The molecule has 148 valence electrons. The minimum Gasteiger partial charge on any atom is -0.306 e. The predicted octanol–water partition coefficient (Wildman–Crippen LogP) is 5.70. The van der Waals surface area contributed by atoms with Crippen molar-refractivity contribution in [2.45, 2.75) is 0 Å². The molecule has 11 heteroatoms. The van der Waals surface area contributed by atoms with Crippen molar-refractivity contribution in [1.29, 1.82) is 5.26 Å². The van der Waals surface area contributed by atoms with Crippen LogP contribution in [-0.2, 0) is 0 Å². The first-order valence-electron chi connectivity index (χ1n) is 8.05. The van der Waals surface area contributed by atoms with Crippen molar-refractivity contribution in [2.75, 3.05) is 23.3 Å². The number of anilines is 2. The second-order valence-corrected chi connectivity index (χ2v) is 7.45. The van der Waals surface area contributed by atoms with Crippen LogP contribution < -0.4 is 10.2 Å². The molecule has 1 aliphatic rings. The number of halogens is 4. The van der Waals surface area contributed by atoms with Crippen molar-refractivity contribution in [1.82, 2.24) is 4.90 Å². The van der Waals surface area contributed by atoms with Crippen molar-refractivity contribution in [2.24, 2.45) is 4.99 Å². The first-order chi connectivity index (χ1) is 13.8. The highest BCUT2D eigenvalue weighted by Gasteiger charge is 2.36. The lowest BCUT2D eigenvalue weighted by Gasteiger charge is -2.17. The number of nitrogens with one attached hydrogen (secondary N) is 1. The molecule has 0 aromatic heterocycles. The Balaban J connectivity index is 1.91. The zero-order chi connectivity index (χ0) is 21.1. The van der Waals surface area contributed by atoms with E-state index in [1.165, 1.54) is 34.1 Å². The normalized spacial score (nSPS) is 15.0. The molecule has 2 aromatic carbocycles. The minimum absolute atomic E-state index is 0.0264. The lowest BCUT2D eigenvalue weighted by Crippen LogP contribution is -2.33. The van der Waals surface area contributed by atoms with Gasteiger partial charge in [0.2, 0.25) is 0 Å². The van der Waals surface area contributed by atoms with E-state index in [2.05, 4.69) is 10.3 Å². The zero-order valence-electron chi connectivity index (χ0n) is 14.5. The third-order valence-electron chi connectivity index (χ3n) is 3.88. The lowest BCUT2D eigenvalue weighted by atomic mass is 10.3. The molecule has 1 heterocycles. The second-order valence-electron chi connectivity index (χ2n) is 5.82. The molecule has 0 radical (unpaired) electrons. The highest BCUT2D eigenvalue weighted by Crippen LogP contribution is 2.30. The van der Waals surface area contributed by atoms with Crippen molar-refractivity contribution in [3.8, 4) is 6.07 Å². The fraction of sp³-hybridized carbons (Fsp3) is 0.111. The largest absolute Gasteiger partial charge is 0.347 e. The highest BCUT2D eigenvalue weighted by atomic mass is 35.5. The molecule has 0 atom stereocenters. The van der Waals surface area contributed by atoms with Gasteiger partial charge < -0.3 is 10.2 Å². The standard InChI is InChI=1S/C18H11Cl4N5O2/c19-12-3-1-10(7-14(12)21)24-17(28)25-16-9-26(6-5-23)18(29)27(16)11-2-4-13(20)15(22)8-11/h1-4,7-8H,6,9H2,(H,24,28)/b25-16+. The summed E-state index contributed by atoms with van der Waals surface area (Å²) in [6.45, 7) is -0.189. The summed E-state index contributed by atoms with van der Waals surface area (Å²) in [5.41, 5.74) is 0.749. The van der Waals surface area contributed by atoms with Gasteiger partial charge in [-0.15, -0.1) is 0 Å². The number of benzene rings is 2. The smallest absolute Gasteiger partial charge is 0.306 e. The van der Waals surface area contributed by atoms with Gasteiger partial charge in [-0.1, -0.05) is 46.4 Å². The number of carbonyl (C=O) groups excluding carboxylic acids is 2. The van der Waals surface area contributed by atoms with Crippen LogP contribution in [0.5, 0.6) is 0 Å². The number of hydrogen-bond donors (Lipinski definition) is 1. The van der Waals surface area contributed by atoms with Crippen LogP contribution in [0.1, 0.15) is 0 Å². The van der Waals surface area contributed by atoms with E-state index in [0.717, 1.165) is 0 Å². The lowest BCUT2D eigenvalue weighted by molar-refractivity contribution is 0.225. The van der Waals surface area contributed by atoms with Crippen LogP contribution in [-0.4, -0.2) is 35.9 Å². The Labute approximate surface area is 186 Å². The number of hydrogen-bond acceptors (Lipinski definition) is 3. The first kappa shape index (κ1) is 21.2. The summed E-state index contributed by atoms with van der Waals surface area (Å²) in [5, 5.41) is 12.7. The highest BCUT2D eigenvalue weighted by molar-refractivity contribution is 6.43. The molecule has 0 unspecified atom stereocenters. The molecule has 0 aliphatic carbocycles. The van der Waals surface area contributed by atoms with Crippen LogP contribution in [0.15, 0.2) is 41.4 Å². The Kier molecular flexibility index (Phi) is 6.50. The van der Waals surface area contributed by atoms with Crippen LogP contribution >= 0.6 is 46.4 Å². The molecule has 4 amide bonds. The molecule has 1 saturated heterocycles. The van der Waals surface area contributed by atoms with E-state index < -0.39 is 12.1 Å². The van der Waals surface area contributed by atoms with E-state index in [1.54, 1.807) is 12.1 Å².